The van der Waals surface area contributed by atoms with Crippen molar-refractivity contribution < 1.29 is 4.39 Å². The zero-order chi connectivity index (χ0) is 13.8. The van der Waals surface area contributed by atoms with Crippen LogP contribution in [0, 0.1) is 12.9 Å². The molecule has 0 atom stereocenters. The predicted octanol–water partition coefficient (Wildman–Crippen LogP) is 1.86. The van der Waals surface area contributed by atoms with Crippen molar-refractivity contribution in [2.75, 3.05) is 0 Å². The molecule has 2 aromatic rings. The Morgan fingerprint density at radius 2 is 2.00 bits per heavy atom. The fourth-order valence-electron chi connectivity index (χ4n) is 1.99. The van der Waals surface area contributed by atoms with E-state index in [0.717, 1.165) is 17.9 Å². The fourth-order valence-corrected chi connectivity index (χ4v) is 1.99. The van der Waals surface area contributed by atoms with Crippen LogP contribution >= 0.6 is 0 Å². The summed E-state index contributed by atoms with van der Waals surface area (Å²) in [7, 11) is 0. The van der Waals surface area contributed by atoms with Crippen LogP contribution in [0.4, 0.5) is 4.39 Å². The van der Waals surface area contributed by atoms with Crippen molar-refractivity contribution >= 4 is 0 Å². The Hall–Kier alpha value is -1.69. The summed E-state index contributed by atoms with van der Waals surface area (Å²) in [4.78, 5) is 0. The molecule has 0 bridgehead atoms. The molecule has 0 amide bonds. The lowest BCUT2D eigenvalue weighted by atomic mass is 10.2. The molecule has 0 radical (unpaired) electrons. The predicted molar refractivity (Wildman–Crippen MR) is 71.0 cm³/mol. The number of nitrogens with zero attached hydrogens (tertiary/aromatic N) is 4. The third kappa shape index (κ3) is 3.01. The number of nitrogens with one attached hydrogen (secondary N) is 1. The molecule has 0 saturated carbocycles. The number of halogens is 1. The van der Waals surface area contributed by atoms with Crippen molar-refractivity contribution in [2.45, 2.75) is 47.0 Å². The summed E-state index contributed by atoms with van der Waals surface area (Å²) < 4.78 is 17.2. The molecule has 19 heavy (non-hydrogen) atoms. The highest BCUT2D eigenvalue weighted by atomic mass is 19.1. The van der Waals surface area contributed by atoms with Gasteiger partial charge in [-0.25, -0.2) is 4.68 Å². The molecule has 0 aromatic carbocycles. The SMILES string of the molecule is CCn1ccc(CNCc2c(C)nn(CC)c2F)n1. The number of aryl methyl sites for hydroxylation is 3. The summed E-state index contributed by atoms with van der Waals surface area (Å²) >= 11 is 0. The van der Waals surface area contributed by atoms with Crippen molar-refractivity contribution in [3.8, 4) is 0 Å². The van der Waals surface area contributed by atoms with E-state index in [1.165, 1.54) is 4.68 Å². The first kappa shape index (κ1) is 13.7. The van der Waals surface area contributed by atoms with E-state index in [2.05, 4.69) is 15.5 Å². The van der Waals surface area contributed by atoms with Crippen molar-refractivity contribution in [2.24, 2.45) is 0 Å². The Balaban J connectivity index is 1.94. The Labute approximate surface area is 112 Å². The van der Waals surface area contributed by atoms with Gasteiger partial charge in [0.25, 0.3) is 0 Å². The largest absolute Gasteiger partial charge is 0.307 e. The minimum Gasteiger partial charge on any atom is -0.307 e. The van der Waals surface area contributed by atoms with Crippen LogP contribution in [-0.4, -0.2) is 19.6 Å². The summed E-state index contributed by atoms with van der Waals surface area (Å²) in [6, 6.07) is 1.97. The lowest BCUT2D eigenvalue weighted by molar-refractivity contribution is 0.460. The topological polar surface area (TPSA) is 47.7 Å². The standard InChI is InChI=1S/C13H20FN5/c1-4-18-7-6-11(17-18)8-15-9-12-10(3)16-19(5-2)13(12)14/h6-7,15H,4-5,8-9H2,1-3H3. The maximum atomic E-state index is 13.9. The van der Waals surface area contributed by atoms with Crippen LogP contribution in [0.2, 0.25) is 0 Å². The van der Waals surface area contributed by atoms with Gasteiger partial charge in [-0.15, -0.1) is 0 Å². The minimum atomic E-state index is -0.244. The van der Waals surface area contributed by atoms with E-state index in [4.69, 9.17) is 0 Å². The van der Waals surface area contributed by atoms with Gasteiger partial charge in [0, 0.05) is 37.9 Å². The Bertz CT molecular complexity index is 543. The van der Waals surface area contributed by atoms with Crippen LogP contribution in [0.5, 0.6) is 0 Å². The Morgan fingerprint density at radius 1 is 1.21 bits per heavy atom. The molecule has 0 fully saturated rings. The molecule has 0 aliphatic heterocycles. The van der Waals surface area contributed by atoms with Gasteiger partial charge in [0.05, 0.1) is 11.4 Å². The summed E-state index contributed by atoms with van der Waals surface area (Å²) in [6.45, 7) is 8.26. The van der Waals surface area contributed by atoms with Gasteiger partial charge in [-0.1, -0.05) is 0 Å². The number of hydrogen-bond donors (Lipinski definition) is 1. The zero-order valence-electron chi connectivity index (χ0n) is 11.6. The van der Waals surface area contributed by atoms with Gasteiger partial charge >= 0.3 is 0 Å². The first-order chi connectivity index (χ1) is 9.15. The third-order valence-corrected chi connectivity index (χ3v) is 3.11. The first-order valence-electron chi connectivity index (χ1n) is 6.60. The number of rotatable bonds is 6. The Morgan fingerprint density at radius 3 is 2.58 bits per heavy atom. The molecule has 1 N–H and O–H groups in total. The molecule has 0 unspecified atom stereocenters. The Kier molecular flexibility index (Phi) is 4.31. The van der Waals surface area contributed by atoms with E-state index in [9.17, 15) is 4.39 Å². The van der Waals surface area contributed by atoms with Gasteiger partial charge < -0.3 is 5.32 Å². The van der Waals surface area contributed by atoms with Crippen LogP contribution in [0.15, 0.2) is 12.3 Å². The molecule has 2 aromatic heterocycles. The van der Waals surface area contributed by atoms with Gasteiger partial charge in [-0.3, -0.25) is 4.68 Å². The number of hydrogen-bond acceptors (Lipinski definition) is 3. The summed E-state index contributed by atoms with van der Waals surface area (Å²) in [5.74, 6) is -0.244. The van der Waals surface area contributed by atoms with Crippen LogP contribution in [0.25, 0.3) is 0 Å². The van der Waals surface area contributed by atoms with Gasteiger partial charge in [0.1, 0.15) is 0 Å². The molecule has 6 heteroatoms. The van der Waals surface area contributed by atoms with Crippen LogP contribution < -0.4 is 5.32 Å². The highest BCUT2D eigenvalue weighted by Gasteiger charge is 2.13. The smallest absolute Gasteiger partial charge is 0.216 e. The first-order valence-corrected chi connectivity index (χ1v) is 6.60. The zero-order valence-corrected chi connectivity index (χ0v) is 11.6. The third-order valence-electron chi connectivity index (χ3n) is 3.11. The maximum Gasteiger partial charge on any atom is 0.216 e. The minimum absolute atomic E-state index is 0.244. The normalized spacial score (nSPS) is 11.2. The van der Waals surface area contributed by atoms with Gasteiger partial charge in [-0.2, -0.15) is 14.6 Å². The molecule has 0 aliphatic rings. The molecular weight excluding hydrogens is 245 g/mol. The molecule has 0 saturated heterocycles. The monoisotopic (exact) mass is 265 g/mol. The van der Waals surface area contributed by atoms with Gasteiger partial charge in [-0.05, 0) is 26.8 Å². The fraction of sp³-hybridized carbons (Fsp3) is 0.538. The van der Waals surface area contributed by atoms with E-state index in [-0.39, 0.29) is 5.95 Å². The van der Waals surface area contributed by atoms with Crippen molar-refractivity contribution in [3.05, 3.63) is 35.2 Å². The average Bonchev–Trinajstić information content (AvgIpc) is 2.97. The average molecular weight is 265 g/mol. The van der Waals surface area contributed by atoms with E-state index in [0.29, 0.717) is 25.2 Å². The summed E-state index contributed by atoms with van der Waals surface area (Å²) in [5, 5.41) is 11.7. The second-order valence-electron chi connectivity index (χ2n) is 4.44. The molecule has 0 spiro atoms. The molecule has 2 heterocycles. The molecule has 2 rings (SSSR count). The second-order valence-corrected chi connectivity index (χ2v) is 4.44. The van der Waals surface area contributed by atoms with E-state index in [1.807, 2.05) is 37.7 Å². The van der Waals surface area contributed by atoms with Gasteiger partial charge in [0.15, 0.2) is 0 Å². The maximum absolute atomic E-state index is 13.9. The lowest BCUT2D eigenvalue weighted by Crippen LogP contribution is -2.15. The second kappa shape index (κ2) is 5.97. The van der Waals surface area contributed by atoms with E-state index >= 15 is 0 Å². The van der Waals surface area contributed by atoms with Crippen LogP contribution in [0.3, 0.4) is 0 Å². The van der Waals surface area contributed by atoms with Crippen molar-refractivity contribution in [1.29, 1.82) is 0 Å². The number of aromatic nitrogens is 4. The highest BCUT2D eigenvalue weighted by Crippen LogP contribution is 2.12. The molecule has 104 valence electrons. The molecular formula is C13H20FN5. The molecule has 5 nitrogen and oxygen atoms in total. The lowest BCUT2D eigenvalue weighted by Gasteiger charge is -2.02. The van der Waals surface area contributed by atoms with Crippen LogP contribution in [-0.2, 0) is 26.2 Å². The van der Waals surface area contributed by atoms with Crippen molar-refractivity contribution in [3.63, 3.8) is 0 Å². The van der Waals surface area contributed by atoms with Gasteiger partial charge in [0.2, 0.25) is 5.95 Å². The summed E-state index contributed by atoms with van der Waals surface area (Å²) in [5.41, 5.74) is 2.34. The van der Waals surface area contributed by atoms with Crippen LogP contribution in [0.1, 0.15) is 30.8 Å². The molecule has 0 aliphatic carbocycles. The summed E-state index contributed by atoms with van der Waals surface area (Å²) in [6.07, 6.45) is 1.94. The highest BCUT2D eigenvalue weighted by molar-refractivity contribution is 5.17. The van der Waals surface area contributed by atoms with E-state index < -0.39 is 0 Å². The quantitative estimate of drug-likeness (QED) is 0.867. The van der Waals surface area contributed by atoms with E-state index in [1.54, 1.807) is 0 Å². The van der Waals surface area contributed by atoms with Crippen molar-refractivity contribution in [1.82, 2.24) is 24.9 Å².